The van der Waals surface area contributed by atoms with Gasteiger partial charge in [0.05, 0.1) is 6.10 Å². The Morgan fingerprint density at radius 3 is 3.00 bits per heavy atom. The van der Waals surface area contributed by atoms with E-state index in [1.807, 2.05) is 11.3 Å². The lowest BCUT2D eigenvalue weighted by Crippen LogP contribution is -2.69. The van der Waals surface area contributed by atoms with Gasteiger partial charge in [0.15, 0.2) is 5.96 Å². The SMILES string of the molecule is CCN=C(NC1C2CCOC2C12CCCC2)N(C)CCc1cccs1. The summed E-state index contributed by atoms with van der Waals surface area (Å²) >= 11 is 1.84. The Labute approximate surface area is 155 Å². The van der Waals surface area contributed by atoms with Crippen molar-refractivity contribution in [3.63, 3.8) is 0 Å². The highest BCUT2D eigenvalue weighted by Gasteiger charge is 2.65. The van der Waals surface area contributed by atoms with E-state index in [0.29, 0.717) is 23.5 Å². The summed E-state index contributed by atoms with van der Waals surface area (Å²) in [6.45, 7) is 4.92. The number of nitrogens with one attached hydrogen (secondary N) is 1. The molecule has 2 saturated carbocycles. The molecule has 1 saturated heterocycles. The molecule has 25 heavy (non-hydrogen) atoms. The Morgan fingerprint density at radius 1 is 1.44 bits per heavy atom. The Bertz CT molecular complexity index is 594. The number of aliphatic imine (C=N–C) groups is 1. The first kappa shape index (κ1) is 17.3. The van der Waals surface area contributed by atoms with Crippen LogP contribution in [0.25, 0.3) is 0 Å². The third-order valence-electron chi connectivity index (χ3n) is 6.51. The molecule has 1 aromatic rings. The number of fused-ring (bicyclic) bond motifs is 2. The first-order valence-electron chi connectivity index (χ1n) is 9.91. The molecule has 0 amide bonds. The second-order valence-electron chi connectivity index (χ2n) is 7.86. The number of thiophene rings is 1. The van der Waals surface area contributed by atoms with Gasteiger partial charge in [-0.2, -0.15) is 0 Å². The third-order valence-corrected chi connectivity index (χ3v) is 7.45. The molecule has 138 valence electrons. The van der Waals surface area contributed by atoms with Crippen molar-refractivity contribution in [2.45, 2.75) is 57.6 Å². The molecule has 3 aliphatic rings. The van der Waals surface area contributed by atoms with Crippen molar-refractivity contribution in [2.24, 2.45) is 16.3 Å². The minimum atomic E-state index is 0.379. The van der Waals surface area contributed by atoms with Crippen LogP contribution in [0.4, 0.5) is 0 Å². The first-order valence-corrected chi connectivity index (χ1v) is 10.8. The Hall–Kier alpha value is -1.07. The van der Waals surface area contributed by atoms with Gasteiger partial charge >= 0.3 is 0 Å². The number of likely N-dealkylation sites (N-methyl/N-ethyl adjacent to an activating group) is 1. The van der Waals surface area contributed by atoms with E-state index < -0.39 is 0 Å². The fraction of sp³-hybridized carbons (Fsp3) is 0.750. The second kappa shape index (κ2) is 7.28. The van der Waals surface area contributed by atoms with Crippen molar-refractivity contribution in [1.29, 1.82) is 0 Å². The second-order valence-corrected chi connectivity index (χ2v) is 8.89. The molecular formula is C20H31N3OS. The molecule has 1 aromatic heterocycles. The van der Waals surface area contributed by atoms with E-state index in [1.54, 1.807) is 0 Å². The van der Waals surface area contributed by atoms with Crippen molar-refractivity contribution in [3.8, 4) is 0 Å². The predicted octanol–water partition coefficient (Wildman–Crippen LogP) is 3.54. The smallest absolute Gasteiger partial charge is 0.193 e. The van der Waals surface area contributed by atoms with Gasteiger partial charge in [-0.05, 0) is 44.1 Å². The van der Waals surface area contributed by atoms with Crippen LogP contribution in [0.2, 0.25) is 0 Å². The van der Waals surface area contributed by atoms with E-state index in [4.69, 9.17) is 9.73 Å². The summed E-state index contributed by atoms with van der Waals surface area (Å²) < 4.78 is 6.13. The number of hydrogen-bond donors (Lipinski definition) is 1. The minimum Gasteiger partial charge on any atom is -0.377 e. The number of rotatable bonds is 5. The Balaban J connectivity index is 1.43. The van der Waals surface area contributed by atoms with Crippen LogP contribution < -0.4 is 5.32 Å². The zero-order valence-electron chi connectivity index (χ0n) is 15.5. The number of guanidine groups is 1. The number of ether oxygens (including phenoxy) is 1. The largest absolute Gasteiger partial charge is 0.377 e. The summed E-state index contributed by atoms with van der Waals surface area (Å²) in [5.41, 5.74) is 0.379. The molecule has 1 aliphatic heterocycles. The first-order chi connectivity index (χ1) is 12.2. The predicted molar refractivity (Wildman–Crippen MR) is 104 cm³/mol. The van der Waals surface area contributed by atoms with Gasteiger partial charge in [0.25, 0.3) is 0 Å². The van der Waals surface area contributed by atoms with Gasteiger partial charge in [-0.15, -0.1) is 11.3 Å². The standard InChI is InChI=1S/C20H31N3OS/c1-3-21-19(23(2)12-8-15-7-6-14-25-15)22-17-16-9-13-24-18(16)20(17)10-4-5-11-20/h6-7,14,16-18H,3-5,8-13H2,1-2H3,(H,21,22). The van der Waals surface area contributed by atoms with E-state index >= 15 is 0 Å². The average Bonchev–Trinajstić information content (AvgIpc) is 3.36. The monoisotopic (exact) mass is 361 g/mol. The summed E-state index contributed by atoms with van der Waals surface area (Å²) in [5, 5.41) is 6.05. The molecule has 3 unspecified atom stereocenters. The fourth-order valence-corrected chi connectivity index (χ4v) is 6.01. The van der Waals surface area contributed by atoms with Gasteiger partial charge < -0.3 is 15.0 Å². The van der Waals surface area contributed by atoms with E-state index in [-0.39, 0.29) is 0 Å². The van der Waals surface area contributed by atoms with E-state index in [1.165, 1.54) is 37.0 Å². The molecule has 3 atom stereocenters. The Morgan fingerprint density at radius 2 is 2.28 bits per heavy atom. The summed E-state index contributed by atoms with van der Waals surface area (Å²) in [7, 11) is 2.18. The zero-order chi connectivity index (χ0) is 17.3. The molecule has 2 heterocycles. The number of nitrogens with zero attached hydrogens (tertiary/aromatic N) is 2. The molecule has 0 bridgehead atoms. The highest BCUT2D eigenvalue weighted by Crippen LogP contribution is 2.60. The van der Waals surface area contributed by atoms with Crippen LogP contribution in [0.3, 0.4) is 0 Å². The van der Waals surface area contributed by atoms with Crippen LogP contribution in [0.1, 0.15) is 43.9 Å². The van der Waals surface area contributed by atoms with Crippen molar-refractivity contribution >= 4 is 17.3 Å². The highest BCUT2D eigenvalue weighted by molar-refractivity contribution is 7.09. The van der Waals surface area contributed by atoms with Crippen LogP contribution >= 0.6 is 11.3 Å². The normalized spacial score (nSPS) is 30.3. The average molecular weight is 362 g/mol. The van der Waals surface area contributed by atoms with Crippen molar-refractivity contribution in [1.82, 2.24) is 10.2 Å². The van der Waals surface area contributed by atoms with Crippen LogP contribution in [-0.4, -0.2) is 49.7 Å². The van der Waals surface area contributed by atoms with E-state index in [2.05, 4.69) is 41.7 Å². The lowest BCUT2D eigenvalue weighted by molar-refractivity contribution is -0.125. The van der Waals surface area contributed by atoms with Crippen molar-refractivity contribution in [3.05, 3.63) is 22.4 Å². The summed E-state index contributed by atoms with van der Waals surface area (Å²) in [5.74, 6) is 1.77. The molecule has 0 radical (unpaired) electrons. The van der Waals surface area contributed by atoms with Gasteiger partial charge in [-0.1, -0.05) is 18.9 Å². The van der Waals surface area contributed by atoms with Gasteiger partial charge in [-0.3, -0.25) is 4.99 Å². The third kappa shape index (κ3) is 3.10. The van der Waals surface area contributed by atoms with Gasteiger partial charge in [0.2, 0.25) is 0 Å². The molecule has 3 fully saturated rings. The van der Waals surface area contributed by atoms with Gasteiger partial charge in [-0.25, -0.2) is 0 Å². The molecule has 5 heteroatoms. The van der Waals surface area contributed by atoms with Crippen LogP contribution in [0.15, 0.2) is 22.5 Å². The molecule has 4 nitrogen and oxygen atoms in total. The van der Waals surface area contributed by atoms with E-state index in [0.717, 1.165) is 32.1 Å². The van der Waals surface area contributed by atoms with Crippen LogP contribution in [-0.2, 0) is 11.2 Å². The van der Waals surface area contributed by atoms with Crippen LogP contribution in [0.5, 0.6) is 0 Å². The lowest BCUT2D eigenvalue weighted by Gasteiger charge is -2.57. The van der Waals surface area contributed by atoms with Gasteiger partial charge in [0.1, 0.15) is 0 Å². The minimum absolute atomic E-state index is 0.379. The summed E-state index contributed by atoms with van der Waals surface area (Å²) in [6, 6.07) is 4.91. The topological polar surface area (TPSA) is 36.9 Å². The van der Waals surface area contributed by atoms with Gasteiger partial charge in [0, 0.05) is 49.0 Å². The highest BCUT2D eigenvalue weighted by atomic mass is 32.1. The summed E-state index contributed by atoms with van der Waals surface area (Å²) in [6.07, 6.45) is 8.17. The van der Waals surface area contributed by atoms with E-state index in [9.17, 15) is 0 Å². The zero-order valence-corrected chi connectivity index (χ0v) is 16.4. The van der Waals surface area contributed by atoms with Crippen LogP contribution in [0, 0.1) is 11.3 Å². The lowest BCUT2D eigenvalue weighted by atomic mass is 9.54. The molecule has 2 aliphatic carbocycles. The molecule has 0 aromatic carbocycles. The molecule has 1 spiro atoms. The quantitative estimate of drug-likeness (QED) is 0.644. The molecule has 1 N–H and O–H groups in total. The number of hydrogen-bond acceptors (Lipinski definition) is 3. The van der Waals surface area contributed by atoms with Crippen molar-refractivity contribution < 1.29 is 4.74 Å². The Kier molecular flexibility index (Phi) is 5.05. The maximum atomic E-state index is 6.13. The maximum absolute atomic E-state index is 6.13. The maximum Gasteiger partial charge on any atom is 0.193 e. The molecule has 4 rings (SSSR count). The van der Waals surface area contributed by atoms with Crippen molar-refractivity contribution in [2.75, 3.05) is 26.7 Å². The fourth-order valence-electron chi connectivity index (χ4n) is 5.31. The summed E-state index contributed by atoms with van der Waals surface area (Å²) in [4.78, 5) is 8.57. The molecular weight excluding hydrogens is 330 g/mol.